The molecule has 0 bridgehead atoms. The molecule has 0 spiro atoms. The van der Waals surface area contributed by atoms with Crippen molar-refractivity contribution in [3.63, 3.8) is 0 Å². The van der Waals surface area contributed by atoms with Gasteiger partial charge in [-0.25, -0.2) is 4.79 Å². The molecule has 0 atom stereocenters. The lowest BCUT2D eigenvalue weighted by molar-refractivity contribution is 0.0998. The van der Waals surface area contributed by atoms with Crippen molar-refractivity contribution in [2.24, 2.45) is 0 Å². The van der Waals surface area contributed by atoms with Crippen LogP contribution in [-0.2, 0) is 0 Å². The molecule has 0 aliphatic rings. The molecule has 120 valence electrons. The first-order valence-electron chi connectivity index (χ1n) is 7.13. The number of carbonyl (C=O) groups excluding carboxylic acids is 1. The number of amides is 2. The molecule has 3 N–H and O–H groups in total. The van der Waals surface area contributed by atoms with E-state index < -0.39 is 12.0 Å². The van der Waals surface area contributed by atoms with E-state index in [1.54, 1.807) is 42.5 Å². The molecule has 1 heterocycles. The van der Waals surface area contributed by atoms with Gasteiger partial charge in [0.1, 0.15) is 5.58 Å². The van der Waals surface area contributed by atoms with Gasteiger partial charge in [0.15, 0.2) is 5.76 Å². The van der Waals surface area contributed by atoms with Crippen LogP contribution < -0.4 is 10.6 Å². The standard InChI is InChI=1S/C18H14N2O4/c1-2-11-7-8-15-12(9-11)10-16(24-15)17(21)19-13-5-3-4-6-14(13)20-18(22)23/h2-10,20H,1H2,(H,19,21)(H,22,23). The molecule has 0 unspecified atom stereocenters. The van der Waals surface area contributed by atoms with Gasteiger partial charge in [0.05, 0.1) is 11.4 Å². The average Bonchev–Trinajstić information content (AvgIpc) is 2.99. The van der Waals surface area contributed by atoms with E-state index >= 15 is 0 Å². The summed E-state index contributed by atoms with van der Waals surface area (Å²) >= 11 is 0. The molecular weight excluding hydrogens is 308 g/mol. The fourth-order valence-corrected chi connectivity index (χ4v) is 2.30. The maximum absolute atomic E-state index is 12.4. The summed E-state index contributed by atoms with van der Waals surface area (Å²) in [6.07, 6.45) is 0.498. The Hall–Kier alpha value is -3.54. The average molecular weight is 322 g/mol. The van der Waals surface area contributed by atoms with E-state index in [4.69, 9.17) is 9.52 Å². The Labute approximate surface area is 137 Å². The first-order chi connectivity index (χ1) is 11.6. The molecule has 3 rings (SSSR count). The van der Waals surface area contributed by atoms with Gasteiger partial charge in [0.25, 0.3) is 5.91 Å². The Morgan fingerprint density at radius 1 is 1.04 bits per heavy atom. The molecule has 3 aromatic rings. The van der Waals surface area contributed by atoms with E-state index in [0.717, 1.165) is 10.9 Å². The molecule has 6 nitrogen and oxygen atoms in total. The Balaban J connectivity index is 1.87. The fourth-order valence-electron chi connectivity index (χ4n) is 2.30. The summed E-state index contributed by atoms with van der Waals surface area (Å²) in [5, 5.41) is 14.5. The van der Waals surface area contributed by atoms with Crippen LogP contribution in [0, 0.1) is 0 Å². The highest BCUT2D eigenvalue weighted by Gasteiger charge is 2.15. The van der Waals surface area contributed by atoms with Crippen LogP contribution in [-0.4, -0.2) is 17.1 Å². The largest absolute Gasteiger partial charge is 0.465 e. The number of rotatable bonds is 4. The summed E-state index contributed by atoms with van der Waals surface area (Å²) in [6, 6.07) is 13.6. The second kappa shape index (κ2) is 6.29. The van der Waals surface area contributed by atoms with E-state index in [1.165, 1.54) is 0 Å². The lowest BCUT2D eigenvalue weighted by Gasteiger charge is -2.09. The summed E-state index contributed by atoms with van der Waals surface area (Å²) in [7, 11) is 0. The topological polar surface area (TPSA) is 91.6 Å². The number of para-hydroxylation sites is 2. The summed E-state index contributed by atoms with van der Waals surface area (Å²) in [4.78, 5) is 23.2. The van der Waals surface area contributed by atoms with Gasteiger partial charge in [0.2, 0.25) is 0 Å². The predicted molar refractivity (Wildman–Crippen MR) is 92.3 cm³/mol. The van der Waals surface area contributed by atoms with Gasteiger partial charge in [-0.1, -0.05) is 30.9 Å². The minimum absolute atomic E-state index is 0.136. The molecule has 1 aromatic heterocycles. The molecule has 2 amide bonds. The maximum Gasteiger partial charge on any atom is 0.409 e. The SMILES string of the molecule is C=Cc1ccc2oc(C(=O)Nc3ccccc3NC(=O)O)cc2c1. The highest BCUT2D eigenvalue weighted by atomic mass is 16.4. The predicted octanol–water partition coefficient (Wildman–Crippen LogP) is 4.42. The van der Waals surface area contributed by atoms with Crippen molar-refractivity contribution in [3.8, 4) is 0 Å². The van der Waals surface area contributed by atoms with Crippen molar-refractivity contribution < 1.29 is 19.1 Å². The van der Waals surface area contributed by atoms with Gasteiger partial charge in [-0.15, -0.1) is 0 Å². The smallest absolute Gasteiger partial charge is 0.409 e. The number of hydrogen-bond donors (Lipinski definition) is 3. The van der Waals surface area contributed by atoms with Crippen LogP contribution in [0.1, 0.15) is 16.1 Å². The van der Waals surface area contributed by atoms with Crippen LogP contribution in [0.15, 0.2) is 59.5 Å². The Bertz CT molecular complexity index is 943. The molecule has 24 heavy (non-hydrogen) atoms. The molecule has 0 saturated carbocycles. The number of hydrogen-bond acceptors (Lipinski definition) is 3. The van der Waals surface area contributed by atoms with E-state index in [2.05, 4.69) is 17.2 Å². The lowest BCUT2D eigenvalue weighted by atomic mass is 10.1. The third-order valence-corrected chi connectivity index (χ3v) is 3.42. The molecule has 0 aliphatic heterocycles. The second-order valence-electron chi connectivity index (χ2n) is 5.04. The monoisotopic (exact) mass is 322 g/mol. The van der Waals surface area contributed by atoms with Crippen molar-refractivity contribution in [2.75, 3.05) is 10.6 Å². The summed E-state index contributed by atoms with van der Waals surface area (Å²) in [5.41, 5.74) is 2.13. The summed E-state index contributed by atoms with van der Waals surface area (Å²) < 4.78 is 5.54. The number of nitrogens with one attached hydrogen (secondary N) is 2. The van der Waals surface area contributed by atoms with Crippen molar-refractivity contribution in [1.29, 1.82) is 0 Å². The number of carboxylic acid groups (broad SMARTS) is 1. The molecule has 0 saturated heterocycles. The van der Waals surface area contributed by atoms with Gasteiger partial charge >= 0.3 is 6.09 Å². The number of anilines is 2. The molecular formula is C18H14N2O4. The number of benzene rings is 2. The third-order valence-electron chi connectivity index (χ3n) is 3.42. The van der Waals surface area contributed by atoms with Crippen LogP contribution in [0.4, 0.5) is 16.2 Å². The summed E-state index contributed by atoms with van der Waals surface area (Å²) in [5.74, 6) is -0.331. The zero-order valence-corrected chi connectivity index (χ0v) is 12.6. The highest BCUT2D eigenvalue weighted by molar-refractivity contribution is 6.07. The highest BCUT2D eigenvalue weighted by Crippen LogP contribution is 2.25. The summed E-state index contributed by atoms with van der Waals surface area (Å²) in [6.45, 7) is 3.70. The number of furan rings is 1. The van der Waals surface area contributed by atoms with Crippen LogP contribution in [0.5, 0.6) is 0 Å². The Morgan fingerprint density at radius 3 is 2.42 bits per heavy atom. The first-order valence-corrected chi connectivity index (χ1v) is 7.13. The van der Waals surface area contributed by atoms with Crippen LogP contribution in [0.25, 0.3) is 17.0 Å². The first kappa shape index (κ1) is 15.4. The third kappa shape index (κ3) is 3.12. The second-order valence-corrected chi connectivity index (χ2v) is 5.04. The van der Waals surface area contributed by atoms with Crippen molar-refractivity contribution in [3.05, 3.63) is 66.4 Å². The normalized spacial score (nSPS) is 10.3. The van der Waals surface area contributed by atoms with Crippen molar-refractivity contribution >= 4 is 40.4 Å². The molecule has 0 aliphatic carbocycles. The van der Waals surface area contributed by atoms with E-state index in [-0.39, 0.29) is 11.4 Å². The maximum atomic E-state index is 12.4. The quantitative estimate of drug-likeness (QED) is 0.663. The van der Waals surface area contributed by atoms with Crippen LogP contribution in [0.3, 0.4) is 0 Å². The van der Waals surface area contributed by atoms with Gasteiger partial charge in [-0.2, -0.15) is 0 Å². The molecule has 0 radical (unpaired) electrons. The van der Waals surface area contributed by atoms with Gasteiger partial charge in [-0.05, 0) is 35.9 Å². The lowest BCUT2D eigenvalue weighted by Crippen LogP contribution is -2.14. The minimum Gasteiger partial charge on any atom is -0.465 e. The number of fused-ring (bicyclic) bond motifs is 1. The number of carbonyl (C=O) groups is 2. The molecule has 0 fully saturated rings. The van der Waals surface area contributed by atoms with E-state index in [9.17, 15) is 9.59 Å². The van der Waals surface area contributed by atoms with Gasteiger partial charge < -0.3 is 14.8 Å². The molecule has 6 heteroatoms. The fraction of sp³-hybridized carbons (Fsp3) is 0. The zero-order valence-electron chi connectivity index (χ0n) is 12.6. The van der Waals surface area contributed by atoms with Crippen LogP contribution >= 0.6 is 0 Å². The Morgan fingerprint density at radius 2 is 1.75 bits per heavy atom. The Kier molecular flexibility index (Phi) is 4.03. The van der Waals surface area contributed by atoms with E-state index in [1.807, 2.05) is 12.1 Å². The zero-order chi connectivity index (χ0) is 17.1. The van der Waals surface area contributed by atoms with Crippen molar-refractivity contribution in [2.45, 2.75) is 0 Å². The van der Waals surface area contributed by atoms with Crippen molar-refractivity contribution in [1.82, 2.24) is 0 Å². The van der Waals surface area contributed by atoms with E-state index in [0.29, 0.717) is 11.3 Å². The minimum atomic E-state index is -1.21. The molecule has 2 aromatic carbocycles. The van der Waals surface area contributed by atoms with Gasteiger partial charge in [-0.3, -0.25) is 10.1 Å². The van der Waals surface area contributed by atoms with Gasteiger partial charge in [0, 0.05) is 5.39 Å². The van der Waals surface area contributed by atoms with Crippen LogP contribution in [0.2, 0.25) is 0 Å².